The number of nitrogens with zero attached hydrogens (tertiary/aromatic N) is 2. The molecule has 0 aliphatic heterocycles. The number of non-ortho nitro benzene ring substituents is 1. The molecule has 0 heterocycles. The maximum absolute atomic E-state index is 13.6. The van der Waals surface area contributed by atoms with Gasteiger partial charge in [-0.2, -0.15) is 0 Å². The van der Waals surface area contributed by atoms with Crippen LogP contribution in [-0.4, -0.2) is 15.9 Å². The molecule has 5 rings (SSSR count). The molecule has 0 fully saturated rings. The Kier molecular flexibility index (Phi) is 7.64. The number of ether oxygens (including phenoxy) is 1. The first kappa shape index (κ1) is 25.0. The normalized spacial score (nSPS) is 14.3. The van der Waals surface area contributed by atoms with E-state index >= 15 is 0 Å². The number of hydrogen-bond donors (Lipinski definition) is 1. The average Bonchev–Trinajstić information content (AvgIpc) is 2.96. The van der Waals surface area contributed by atoms with Crippen molar-refractivity contribution in [1.82, 2.24) is 4.90 Å². The summed E-state index contributed by atoms with van der Waals surface area (Å²) >= 11 is 0. The number of carbonyl (C=O) groups excluding carboxylic acids is 1. The van der Waals surface area contributed by atoms with Crippen molar-refractivity contribution in [3.8, 4) is 5.75 Å². The van der Waals surface area contributed by atoms with E-state index in [1.54, 1.807) is 12.1 Å². The summed E-state index contributed by atoms with van der Waals surface area (Å²) < 4.78 is 5.93. The highest BCUT2D eigenvalue weighted by Crippen LogP contribution is 2.36. The van der Waals surface area contributed by atoms with Gasteiger partial charge in [-0.05, 0) is 65.8 Å². The number of hydrogen-bond acceptors (Lipinski definition) is 4. The fraction of sp³-hybridized carbons (Fsp3) is 0.194. The third-order valence-electron chi connectivity index (χ3n) is 6.83. The number of fused-ring (bicyclic) bond motifs is 1. The first-order valence-electron chi connectivity index (χ1n) is 12.7. The number of amides is 2. The molecule has 0 spiro atoms. The summed E-state index contributed by atoms with van der Waals surface area (Å²) in [6, 6.07) is 31.7. The first-order chi connectivity index (χ1) is 18.6. The molecule has 7 nitrogen and oxygen atoms in total. The van der Waals surface area contributed by atoms with Gasteiger partial charge in [0.25, 0.3) is 5.69 Å². The smallest absolute Gasteiger partial charge is 0.322 e. The molecule has 2 amide bonds. The van der Waals surface area contributed by atoms with Crippen molar-refractivity contribution < 1.29 is 14.5 Å². The minimum absolute atomic E-state index is 0.0179. The summed E-state index contributed by atoms with van der Waals surface area (Å²) in [5.74, 6) is 0.766. The second-order valence-electron chi connectivity index (χ2n) is 9.39. The number of benzene rings is 4. The quantitative estimate of drug-likeness (QED) is 0.201. The SMILES string of the molecule is O=C(Nc1ccc([N+](=O)[O-])cc1)N(Cc1ccc(OCc2ccccc2)cc1)C1CCCc2ccccc21. The topological polar surface area (TPSA) is 84.7 Å². The molecule has 1 N–H and O–H groups in total. The summed E-state index contributed by atoms with van der Waals surface area (Å²) in [7, 11) is 0. The van der Waals surface area contributed by atoms with E-state index in [1.165, 1.54) is 23.3 Å². The van der Waals surface area contributed by atoms with Gasteiger partial charge in [-0.1, -0.05) is 66.7 Å². The number of rotatable bonds is 8. The third kappa shape index (κ3) is 6.00. The Bertz CT molecular complexity index is 1390. The maximum atomic E-state index is 13.6. The summed E-state index contributed by atoms with van der Waals surface area (Å²) in [5.41, 5.74) is 5.01. The predicted molar refractivity (Wildman–Crippen MR) is 147 cm³/mol. The van der Waals surface area contributed by atoms with Crippen LogP contribution in [0.3, 0.4) is 0 Å². The van der Waals surface area contributed by atoms with E-state index in [0.29, 0.717) is 18.8 Å². The number of nitrogens with one attached hydrogen (secondary N) is 1. The molecular weight excluding hydrogens is 478 g/mol. The largest absolute Gasteiger partial charge is 0.489 e. The van der Waals surface area contributed by atoms with Crippen LogP contribution in [0, 0.1) is 10.1 Å². The molecule has 0 aromatic heterocycles. The Morgan fingerprint density at radius 2 is 1.61 bits per heavy atom. The van der Waals surface area contributed by atoms with E-state index in [4.69, 9.17) is 4.74 Å². The Morgan fingerprint density at radius 3 is 2.34 bits per heavy atom. The number of nitro groups is 1. The second kappa shape index (κ2) is 11.6. The summed E-state index contributed by atoms with van der Waals surface area (Å²) in [6.07, 6.45) is 2.86. The van der Waals surface area contributed by atoms with E-state index in [-0.39, 0.29) is 17.8 Å². The van der Waals surface area contributed by atoms with E-state index in [0.717, 1.165) is 36.1 Å². The van der Waals surface area contributed by atoms with Crippen molar-refractivity contribution in [3.05, 3.63) is 135 Å². The molecule has 0 bridgehead atoms. The van der Waals surface area contributed by atoms with Gasteiger partial charge >= 0.3 is 6.03 Å². The standard InChI is InChI=1S/C31H29N3O4/c35-31(32-26-15-17-27(18-16-26)34(36)37)33(30-12-6-10-25-9-4-5-11-29(25)30)21-23-13-19-28(20-14-23)38-22-24-7-2-1-3-8-24/h1-5,7-9,11,13-20,30H,6,10,12,21-22H2,(H,32,35). The Morgan fingerprint density at radius 1 is 0.895 bits per heavy atom. The van der Waals surface area contributed by atoms with Gasteiger partial charge in [-0.15, -0.1) is 0 Å². The monoisotopic (exact) mass is 507 g/mol. The fourth-order valence-corrected chi connectivity index (χ4v) is 4.87. The van der Waals surface area contributed by atoms with Gasteiger partial charge in [0.2, 0.25) is 0 Å². The number of aryl methyl sites for hydroxylation is 1. The van der Waals surface area contributed by atoms with Crippen LogP contribution >= 0.6 is 0 Å². The van der Waals surface area contributed by atoms with Crippen molar-refractivity contribution in [2.75, 3.05) is 5.32 Å². The molecule has 0 saturated heterocycles. The number of nitro benzene ring substituents is 1. The van der Waals surface area contributed by atoms with Crippen molar-refractivity contribution in [3.63, 3.8) is 0 Å². The van der Waals surface area contributed by atoms with Gasteiger partial charge in [0.1, 0.15) is 12.4 Å². The highest BCUT2D eigenvalue weighted by Gasteiger charge is 2.29. The molecule has 192 valence electrons. The molecule has 4 aromatic carbocycles. The third-order valence-corrected chi connectivity index (χ3v) is 6.83. The van der Waals surface area contributed by atoms with Gasteiger partial charge in [-0.25, -0.2) is 4.79 Å². The molecule has 4 aromatic rings. The molecule has 1 unspecified atom stereocenters. The lowest BCUT2D eigenvalue weighted by Crippen LogP contribution is -2.39. The number of carbonyl (C=O) groups is 1. The Hall–Kier alpha value is -4.65. The molecular formula is C31H29N3O4. The molecule has 1 atom stereocenters. The van der Waals surface area contributed by atoms with Crippen molar-refractivity contribution in [2.24, 2.45) is 0 Å². The highest BCUT2D eigenvalue weighted by atomic mass is 16.6. The van der Waals surface area contributed by atoms with Gasteiger partial charge in [-0.3, -0.25) is 10.1 Å². The van der Waals surface area contributed by atoms with Crippen molar-refractivity contribution >= 4 is 17.4 Å². The van der Waals surface area contributed by atoms with Crippen LogP contribution in [0.5, 0.6) is 5.75 Å². The number of urea groups is 1. The minimum Gasteiger partial charge on any atom is -0.489 e. The molecule has 38 heavy (non-hydrogen) atoms. The highest BCUT2D eigenvalue weighted by molar-refractivity contribution is 5.89. The van der Waals surface area contributed by atoms with Crippen LogP contribution in [0.2, 0.25) is 0 Å². The maximum Gasteiger partial charge on any atom is 0.322 e. The zero-order valence-electron chi connectivity index (χ0n) is 21.0. The minimum atomic E-state index is -0.454. The summed E-state index contributed by atoms with van der Waals surface area (Å²) in [4.78, 5) is 26.0. The lowest BCUT2D eigenvalue weighted by molar-refractivity contribution is -0.384. The lowest BCUT2D eigenvalue weighted by atomic mass is 9.86. The summed E-state index contributed by atoms with van der Waals surface area (Å²) in [6.45, 7) is 0.902. The van der Waals surface area contributed by atoms with Gasteiger partial charge in [0.15, 0.2) is 0 Å². The fourth-order valence-electron chi connectivity index (χ4n) is 4.87. The zero-order chi connectivity index (χ0) is 26.3. The van der Waals surface area contributed by atoms with Gasteiger partial charge in [0.05, 0.1) is 11.0 Å². The van der Waals surface area contributed by atoms with E-state index < -0.39 is 4.92 Å². The summed E-state index contributed by atoms with van der Waals surface area (Å²) in [5, 5.41) is 14.0. The lowest BCUT2D eigenvalue weighted by Gasteiger charge is -2.36. The Labute approximate surface area is 221 Å². The van der Waals surface area contributed by atoms with Crippen LogP contribution in [0.1, 0.15) is 41.1 Å². The van der Waals surface area contributed by atoms with Crippen LogP contribution in [0.25, 0.3) is 0 Å². The Balaban J connectivity index is 1.35. The molecule has 0 radical (unpaired) electrons. The number of anilines is 1. The van der Waals surface area contributed by atoms with E-state index in [9.17, 15) is 14.9 Å². The van der Waals surface area contributed by atoms with Crippen LogP contribution < -0.4 is 10.1 Å². The molecule has 7 heteroatoms. The van der Waals surface area contributed by atoms with Gasteiger partial charge < -0.3 is 15.0 Å². The molecule has 1 aliphatic rings. The zero-order valence-corrected chi connectivity index (χ0v) is 21.0. The van der Waals surface area contributed by atoms with Crippen molar-refractivity contribution in [2.45, 2.75) is 38.5 Å². The first-order valence-corrected chi connectivity index (χ1v) is 12.7. The van der Waals surface area contributed by atoms with Crippen LogP contribution in [0.4, 0.5) is 16.2 Å². The average molecular weight is 508 g/mol. The van der Waals surface area contributed by atoms with E-state index in [1.807, 2.05) is 71.6 Å². The predicted octanol–water partition coefficient (Wildman–Crippen LogP) is 7.29. The molecule has 1 aliphatic carbocycles. The molecule has 0 saturated carbocycles. The van der Waals surface area contributed by atoms with Gasteiger partial charge in [0, 0.05) is 24.4 Å². The van der Waals surface area contributed by atoms with E-state index in [2.05, 4.69) is 17.4 Å². The second-order valence-corrected chi connectivity index (χ2v) is 9.39. The van der Waals surface area contributed by atoms with Crippen molar-refractivity contribution in [1.29, 1.82) is 0 Å². The van der Waals surface area contributed by atoms with Crippen LogP contribution in [0.15, 0.2) is 103 Å². The van der Waals surface area contributed by atoms with Crippen LogP contribution in [-0.2, 0) is 19.6 Å².